The highest BCUT2D eigenvalue weighted by Gasteiger charge is 2.42. The number of hydrogen-bond acceptors (Lipinski definition) is 6. The van der Waals surface area contributed by atoms with E-state index in [1.54, 1.807) is 6.92 Å². The van der Waals surface area contributed by atoms with Gasteiger partial charge in [0.15, 0.2) is 0 Å². The Labute approximate surface area is 153 Å². The van der Waals surface area contributed by atoms with Crippen LogP contribution in [0.1, 0.15) is 51.0 Å². The Kier molecular flexibility index (Phi) is 4.09. The van der Waals surface area contributed by atoms with Crippen LogP contribution in [0.15, 0.2) is 28.2 Å². The van der Waals surface area contributed by atoms with Gasteiger partial charge in [0.25, 0.3) is 0 Å². The van der Waals surface area contributed by atoms with Gasteiger partial charge in [0, 0.05) is 24.8 Å². The Balaban J connectivity index is 1.79. The number of nitrogens with zero attached hydrogens (tertiary/aromatic N) is 4. The number of aliphatic imine (C=N–C) groups is 2. The molecule has 0 radical (unpaired) electrons. The maximum atomic E-state index is 12.1. The molecular formula is C19H26N6O. The predicted molar refractivity (Wildman–Crippen MR) is 104 cm³/mol. The van der Waals surface area contributed by atoms with Gasteiger partial charge in [-0.15, -0.1) is 0 Å². The zero-order chi connectivity index (χ0) is 18.3. The van der Waals surface area contributed by atoms with Crippen LogP contribution in [0.2, 0.25) is 0 Å². The first-order chi connectivity index (χ1) is 12.5. The number of guanidine groups is 2. The third kappa shape index (κ3) is 2.71. The standard InChI is InChI=1S/C19H26N6O/c1-13(26)24-11-5-6-14-7-8-15(12-16(14)24)25-18(21)22-17(20)23-19(25)9-3-2-4-10-19/h7-8,12H,2-6,9-11H2,1H3,(H4,20,21,22,23). The number of anilines is 2. The van der Waals surface area contributed by atoms with E-state index in [1.807, 2.05) is 9.80 Å². The molecule has 1 saturated carbocycles. The quantitative estimate of drug-likeness (QED) is 0.806. The van der Waals surface area contributed by atoms with Crippen LogP contribution in [0, 0.1) is 0 Å². The second-order valence-corrected chi connectivity index (χ2v) is 7.41. The highest BCUT2D eigenvalue weighted by Crippen LogP contribution is 2.41. The van der Waals surface area contributed by atoms with Crippen LogP contribution in [0.4, 0.5) is 11.4 Å². The lowest BCUT2D eigenvalue weighted by molar-refractivity contribution is -0.116. The maximum absolute atomic E-state index is 12.1. The van der Waals surface area contributed by atoms with Crippen molar-refractivity contribution in [3.05, 3.63) is 23.8 Å². The molecule has 2 heterocycles. The first kappa shape index (κ1) is 16.9. The van der Waals surface area contributed by atoms with Gasteiger partial charge in [-0.2, -0.15) is 4.99 Å². The molecule has 26 heavy (non-hydrogen) atoms. The van der Waals surface area contributed by atoms with E-state index in [0.717, 1.165) is 56.4 Å². The van der Waals surface area contributed by atoms with Crippen LogP contribution in [0.25, 0.3) is 0 Å². The third-order valence-corrected chi connectivity index (χ3v) is 5.68. The minimum atomic E-state index is -0.460. The van der Waals surface area contributed by atoms with Crippen molar-refractivity contribution in [1.82, 2.24) is 0 Å². The fraction of sp³-hybridized carbons (Fsp3) is 0.526. The van der Waals surface area contributed by atoms with Crippen molar-refractivity contribution < 1.29 is 4.79 Å². The van der Waals surface area contributed by atoms with Crippen molar-refractivity contribution in [3.63, 3.8) is 0 Å². The van der Waals surface area contributed by atoms with Crippen LogP contribution < -0.4 is 21.3 Å². The number of aryl methyl sites for hydroxylation is 1. The number of nitrogens with two attached hydrogens (primary N) is 2. The maximum Gasteiger partial charge on any atom is 0.223 e. The van der Waals surface area contributed by atoms with E-state index in [1.165, 1.54) is 12.0 Å². The summed E-state index contributed by atoms with van der Waals surface area (Å²) in [5.74, 6) is 0.700. The van der Waals surface area contributed by atoms with Gasteiger partial charge in [-0.05, 0) is 56.2 Å². The molecule has 1 aromatic rings. The predicted octanol–water partition coefficient (Wildman–Crippen LogP) is 2.10. The van der Waals surface area contributed by atoms with E-state index < -0.39 is 5.66 Å². The molecule has 1 aromatic carbocycles. The summed E-state index contributed by atoms with van der Waals surface area (Å²) < 4.78 is 0. The lowest BCUT2D eigenvalue weighted by Crippen LogP contribution is -2.58. The third-order valence-electron chi connectivity index (χ3n) is 5.68. The molecule has 0 saturated heterocycles. The normalized spacial score (nSPS) is 21.9. The van der Waals surface area contributed by atoms with Gasteiger partial charge < -0.3 is 16.4 Å². The van der Waals surface area contributed by atoms with Crippen LogP contribution in [-0.2, 0) is 11.2 Å². The topological polar surface area (TPSA) is 100 Å². The van der Waals surface area contributed by atoms with Crippen LogP contribution in [0.3, 0.4) is 0 Å². The molecule has 7 nitrogen and oxygen atoms in total. The molecule has 0 bridgehead atoms. The van der Waals surface area contributed by atoms with Crippen molar-refractivity contribution in [2.45, 2.75) is 57.5 Å². The fourth-order valence-electron chi connectivity index (χ4n) is 4.52. The first-order valence-corrected chi connectivity index (χ1v) is 9.41. The number of carbonyl (C=O) groups excluding carboxylic acids is 1. The lowest BCUT2D eigenvalue weighted by Gasteiger charge is -2.46. The number of amides is 1. The molecule has 1 amide bonds. The number of carbonyl (C=O) groups is 1. The summed E-state index contributed by atoms with van der Waals surface area (Å²) in [6.07, 6.45) is 7.15. The Morgan fingerprint density at radius 2 is 1.92 bits per heavy atom. The Morgan fingerprint density at radius 3 is 2.65 bits per heavy atom. The van der Waals surface area contributed by atoms with Crippen molar-refractivity contribution in [1.29, 1.82) is 0 Å². The summed E-state index contributed by atoms with van der Waals surface area (Å²) in [4.78, 5) is 24.9. The largest absolute Gasteiger partial charge is 0.369 e. The summed E-state index contributed by atoms with van der Waals surface area (Å²) in [6, 6.07) is 6.23. The van der Waals surface area contributed by atoms with E-state index in [0.29, 0.717) is 5.96 Å². The van der Waals surface area contributed by atoms with Gasteiger partial charge in [0.05, 0.1) is 0 Å². The second kappa shape index (κ2) is 6.30. The van der Waals surface area contributed by atoms with E-state index in [9.17, 15) is 4.79 Å². The van der Waals surface area contributed by atoms with Crippen molar-refractivity contribution in [3.8, 4) is 0 Å². The molecule has 138 valence electrons. The van der Waals surface area contributed by atoms with E-state index in [4.69, 9.17) is 16.5 Å². The summed E-state index contributed by atoms with van der Waals surface area (Å²) >= 11 is 0. The molecule has 0 atom stereocenters. The number of fused-ring (bicyclic) bond motifs is 1. The van der Waals surface area contributed by atoms with Gasteiger partial charge in [-0.25, -0.2) is 4.99 Å². The minimum Gasteiger partial charge on any atom is -0.369 e. The summed E-state index contributed by atoms with van der Waals surface area (Å²) in [6.45, 7) is 2.37. The van der Waals surface area contributed by atoms with Crippen molar-refractivity contribution >= 4 is 29.2 Å². The molecule has 1 spiro atoms. The molecular weight excluding hydrogens is 328 g/mol. The van der Waals surface area contributed by atoms with Gasteiger partial charge in [-0.1, -0.05) is 12.5 Å². The number of benzene rings is 1. The smallest absolute Gasteiger partial charge is 0.223 e. The average molecular weight is 354 g/mol. The molecule has 0 unspecified atom stereocenters. The highest BCUT2D eigenvalue weighted by molar-refractivity contribution is 6.06. The molecule has 0 aromatic heterocycles. The van der Waals surface area contributed by atoms with Crippen molar-refractivity contribution in [2.75, 3.05) is 16.3 Å². The average Bonchev–Trinajstić information content (AvgIpc) is 2.61. The van der Waals surface area contributed by atoms with Gasteiger partial charge in [-0.3, -0.25) is 9.69 Å². The minimum absolute atomic E-state index is 0.0676. The van der Waals surface area contributed by atoms with E-state index in [2.05, 4.69) is 23.2 Å². The summed E-state index contributed by atoms with van der Waals surface area (Å²) in [5.41, 5.74) is 14.9. The zero-order valence-corrected chi connectivity index (χ0v) is 15.2. The highest BCUT2D eigenvalue weighted by atomic mass is 16.2. The summed E-state index contributed by atoms with van der Waals surface area (Å²) in [5, 5.41) is 0. The van der Waals surface area contributed by atoms with E-state index >= 15 is 0 Å². The molecule has 1 fully saturated rings. The van der Waals surface area contributed by atoms with Gasteiger partial charge in [0.1, 0.15) is 5.66 Å². The molecule has 4 N–H and O–H groups in total. The second-order valence-electron chi connectivity index (χ2n) is 7.41. The van der Waals surface area contributed by atoms with Gasteiger partial charge in [0.2, 0.25) is 17.8 Å². The van der Waals surface area contributed by atoms with E-state index in [-0.39, 0.29) is 11.9 Å². The Morgan fingerprint density at radius 1 is 1.15 bits per heavy atom. The lowest BCUT2D eigenvalue weighted by atomic mass is 9.87. The zero-order valence-electron chi connectivity index (χ0n) is 15.2. The number of hydrogen-bond donors (Lipinski definition) is 2. The Hall–Kier alpha value is -2.57. The molecule has 2 aliphatic heterocycles. The molecule has 4 rings (SSSR count). The monoisotopic (exact) mass is 354 g/mol. The number of rotatable bonds is 1. The Bertz CT molecular complexity index is 793. The molecule has 1 aliphatic carbocycles. The summed E-state index contributed by atoms with van der Waals surface area (Å²) in [7, 11) is 0. The first-order valence-electron chi connectivity index (χ1n) is 9.41. The van der Waals surface area contributed by atoms with Crippen LogP contribution in [-0.4, -0.2) is 30.0 Å². The van der Waals surface area contributed by atoms with Crippen LogP contribution in [0.5, 0.6) is 0 Å². The molecule has 7 heteroatoms. The fourth-order valence-corrected chi connectivity index (χ4v) is 4.52. The molecule has 3 aliphatic rings. The van der Waals surface area contributed by atoms with Crippen LogP contribution >= 0.6 is 0 Å². The van der Waals surface area contributed by atoms with Gasteiger partial charge >= 0.3 is 0 Å². The van der Waals surface area contributed by atoms with Crippen molar-refractivity contribution in [2.24, 2.45) is 21.5 Å². The SMILES string of the molecule is CC(=O)N1CCCc2ccc(N3C(N)=NC(N)=NC34CCCCC4)cc21.